The van der Waals surface area contributed by atoms with Gasteiger partial charge in [-0.1, -0.05) is 12.1 Å². The number of methoxy groups -OCH3 is 1. The number of halogens is 1. The molecule has 0 saturated carbocycles. The lowest BCUT2D eigenvalue weighted by atomic mass is 10.2. The molecule has 0 N–H and O–H groups in total. The number of para-hydroxylation sites is 1. The zero-order valence-electron chi connectivity index (χ0n) is 7.44. The summed E-state index contributed by atoms with van der Waals surface area (Å²) in [5.41, 5.74) is 0.665. The number of rotatable bonds is 3. The fourth-order valence-electron chi connectivity index (χ4n) is 1.01. The van der Waals surface area contributed by atoms with Gasteiger partial charge in [-0.05, 0) is 22.0 Å². The van der Waals surface area contributed by atoms with E-state index >= 15 is 0 Å². The van der Waals surface area contributed by atoms with Crippen LogP contribution in [0.15, 0.2) is 28.9 Å². The normalized spacial score (nSPS) is 10.4. The molecular formula is C9H8BrNO3. The Labute approximate surface area is 89.5 Å². The average molecular weight is 258 g/mol. The van der Waals surface area contributed by atoms with Crippen molar-refractivity contribution in [1.29, 1.82) is 0 Å². The molecule has 0 aliphatic heterocycles. The van der Waals surface area contributed by atoms with Gasteiger partial charge in [-0.2, -0.15) is 0 Å². The highest BCUT2D eigenvalue weighted by Gasteiger charge is 2.04. The van der Waals surface area contributed by atoms with Crippen LogP contribution in [-0.4, -0.2) is 12.0 Å². The van der Waals surface area contributed by atoms with E-state index in [2.05, 4.69) is 15.9 Å². The molecule has 0 aliphatic carbocycles. The van der Waals surface area contributed by atoms with Crippen molar-refractivity contribution in [3.63, 3.8) is 0 Å². The number of nitrogens with zero attached hydrogens (tertiary/aromatic N) is 1. The van der Waals surface area contributed by atoms with E-state index in [4.69, 9.17) is 4.74 Å². The predicted octanol–water partition coefficient (Wildman–Crippen LogP) is 2.71. The molecule has 4 nitrogen and oxygen atoms in total. The minimum atomic E-state index is -0.514. The Bertz CT molecular complexity index is 376. The van der Waals surface area contributed by atoms with E-state index in [1.165, 1.54) is 13.2 Å². The molecule has 1 rings (SSSR count). The van der Waals surface area contributed by atoms with Crippen LogP contribution in [0.5, 0.6) is 5.75 Å². The predicted molar refractivity (Wildman–Crippen MR) is 56.7 cm³/mol. The van der Waals surface area contributed by atoms with Crippen molar-refractivity contribution >= 4 is 22.0 Å². The second-order valence-electron chi connectivity index (χ2n) is 2.46. The second-order valence-corrected chi connectivity index (χ2v) is 3.32. The van der Waals surface area contributed by atoms with E-state index in [1.807, 2.05) is 6.07 Å². The molecule has 0 bridgehead atoms. The Morgan fingerprint density at radius 3 is 2.86 bits per heavy atom. The number of ether oxygens (including phenoxy) is 1. The SMILES string of the molecule is COc1c(Br)cccc1/C=C/[N+](=O)[O-]. The summed E-state index contributed by atoms with van der Waals surface area (Å²) in [6.07, 6.45) is 2.27. The Morgan fingerprint density at radius 1 is 1.57 bits per heavy atom. The lowest BCUT2D eigenvalue weighted by Gasteiger charge is -2.05. The third kappa shape index (κ3) is 2.56. The van der Waals surface area contributed by atoms with E-state index in [9.17, 15) is 10.1 Å². The van der Waals surface area contributed by atoms with Crippen molar-refractivity contribution < 1.29 is 9.66 Å². The summed E-state index contributed by atoms with van der Waals surface area (Å²) < 4.78 is 5.86. The van der Waals surface area contributed by atoms with Gasteiger partial charge in [0.1, 0.15) is 5.75 Å². The molecule has 5 heteroatoms. The van der Waals surface area contributed by atoms with Crippen LogP contribution in [-0.2, 0) is 0 Å². The summed E-state index contributed by atoms with van der Waals surface area (Å²) in [5.74, 6) is 0.589. The fraction of sp³-hybridized carbons (Fsp3) is 0.111. The molecule has 0 atom stereocenters. The first kappa shape index (κ1) is 10.7. The summed E-state index contributed by atoms with van der Waals surface area (Å²) in [6, 6.07) is 5.33. The minimum absolute atomic E-state index is 0.514. The van der Waals surface area contributed by atoms with Gasteiger partial charge in [-0.3, -0.25) is 10.1 Å². The van der Waals surface area contributed by atoms with Crippen LogP contribution in [0.3, 0.4) is 0 Å². The highest BCUT2D eigenvalue weighted by atomic mass is 79.9. The zero-order chi connectivity index (χ0) is 10.6. The number of hydrogen-bond donors (Lipinski definition) is 0. The van der Waals surface area contributed by atoms with E-state index in [1.54, 1.807) is 12.1 Å². The largest absolute Gasteiger partial charge is 0.495 e. The molecule has 0 aromatic heterocycles. The first-order valence-corrected chi connectivity index (χ1v) is 4.58. The first-order chi connectivity index (χ1) is 6.65. The maximum atomic E-state index is 10.1. The molecule has 0 heterocycles. The number of benzene rings is 1. The van der Waals surface area contributed by atoms with Crippen LogP contribution in [0.4, 0.5) is 0 Å². The third-order valence-corrected chi connectivity index (χ3v) is 2.20. The Morgan fingerprint density at radius 2 is 2.29 bits per heavy atom. The summed E-state index contributed by atoms with van der Waals surface area (Å²) in [7, 11) is 1.52. The van der Waals surface area contributed by atoms with Crippen LogP contribution in [0.1, 0.15) is 5.56 Å². The second kappa shape index (κ2) is 4.76. The van der Waals surface area contributed by atoms with Gasteiger partial charge in [0.2, 0.25) is 6.20 Å². The van der Waals surface area contributed by atoms with E-state index in [0.29, 0.717) is 11.3 Å². The lowest BCUT2D eigenvalue weighted by molar-refractivity contribution is -0.400. The monoisotopic (exact) mass is 257 g/mol. The first-order valence-electron chi connectivity index (χ1n) is 3.79. The van der Waals surface area contributed by atoms with Crippen LogP contribution >= 0.6 is 15.9 Å². The van der Waals surface area contributed by atoms with E-state index in [0.717, 1.165) is 10.7 Å². The van der Waals surface area contributed by atoms with E-state index < -0.39 is 4.92 Å². The summed E-state index contributed by atoms with van der Waals surface area (Å²) in [4.78, 5) is 9.61. The molecule has 0 fully saturated rings. The van der Waals surface area contributed by atoms with Crippen LogP contribution in [0.2, 0.25) is 0 Å². The van der Waals surface area contributed by atoms with Crippen molar-refractivity contribution in [2.24, 2.45) is 0 Å². The molecular weight excluding hydrogens is 250 g/mol. The van der Waals surface area contributed by atoms with Crippen LogP contribution in [0.25, 0.3) is 6.08 Å². The summed E-state index contributed by atoms with van der Waals surface area (Å²) in [6.45, 7) is 0. The van der Waals surface area contributed by atoms with Gasteiger partial charge >= 0.3 is 0 Å². The standard InChI is InChI=1S/C9H8BrNO3/c1-14-9-7(5-6-11(12)13)3-2-4-8(9)10/h2-6H,1H3/b6-5+. The lowest BCUT2D eigenvalue weighted by Crippen LogP contribution is -1.89. The van der Waals surface area contributed by atoms with Crippen molar-refractivity contribution in [3.8, 4) is 5.75 Å². The van der Waals surface area contributed by atoms with Crippen molar-refractivity contribution in [1.82, 2.24) is 0 Å². The molecule has 0 aliphatic rings. The number of hydrogen-bond acceptors (Lipinski definition) is 3. The zero-order valence-corrected chi connectivity index (χ0v) is 9.02. The molecule has 0 saturated heterocycles. The topological polar surface area (TPSA) is 52.4 Å². The molecule has 0 amide bonds. The maximum absolute atomic E-state index is 10.1. The molecule has 14 heavy (non-hydrogen) atoms. The quantitative estimate of drug-likeness (QED) is 0.618. The molecule has 1 aromatic rings. The number of nitro groups is 1. The van der Waals surface area contributed by atoms with Crippen molar-refractivity contribution in [2.45, 2.75) is 0 Å². The summed E-state index contributed by atoms with van der Waals surface area (Å²) in [5, 5.41) is 10.1. The Hall–Kier alpha value is -1.36. The van der Waals surface area contributed by atoms with E-state index in [-0.39, 0.29) is 0 Å². The highest BCUT2D eigenvalue weighted by Crippen LogP contribution is 2.29. The maximum Gasteiger partial charge on any atom is 0.235 e. The van der Waals surface area contributed by atoms with Crippen molar-refractivity contribution in [3.05, 3.63) is 44.5 Å². The van der Waals surface area contributed by atoms with Crippen molar-refractivity contribution in [2.75, 3.05) is 7.11 Å². The Balaban J connectivity index is 3.08. The smallest absolute Gasteiger partial charge is 0.235 e. The van der Waals surface area contributed by atoms with Gasteiger partial charge in [0.25, 0.3) is 0 Å². The molecule has 1 aromatic carbocycles. The fourth-order valence-corrected chi connectivity index (χ4v) is 1.56. The van der Waals surface area contributed by atoms with Gasteiger partial charge in [0.05, 0.1) is 16.5 Å². The molecule has 74 valence electrons. The third-order valence-electron chi connectivity index (χ3n) is 1.58. The van der Waals surface area contributed by atoms with Gasteiger partial charge in [-0.25, -0.2) is 0 Å². The van der Waals surface area contributed by atoms with Gasteiger partial charge in [0.15, 0.2) is 0 Å². The van der Waals surface area contributed by atoms with Crippen LogP contribution in [0, 0.1) is 10.1 Å². The summed E-state index contributed by atoms with van der Waals surface area (Å²) >= 11 is 3.29. The minimum Gasteiger partial charge on any atom is -0.495 e. The average Bonchev–Trinajstić information content (AvgIpc) is 2.14. The van der Waals surface area contributed by atoms with Gasteiger partial charge in [-0.15, -0.1) is 0 Å². The molecule has 0 spiro atoms. The molecule has 0 radical (unpaired) electrons. The van der Waals surface area contributed by atoms with Gasteiger partial charge in [0, 0.05) is 11.6 Å². The van der Waals surface area contributed by atoms with Gasteiger partial charge < -0.3 is 4.74 Å². The van der Waals surface area contributed by atoms with Crippen LogP contribution < -0.4 is 4.74 Å². The highest BCUT2D eigenvalue weighted by molar-refractivity contribution is 9.10. The Kier molecular flexibility index (Phi) is 3.64. The molecule has 0 unspecified atom stereocenters.